The normalized spacial score (nSPS) is 10.3. The maximum Gasteiger partial charge on any atom is 0.358 e. The molecule has 0 fully saturated rings. The number of hydrogen-bond donors (Lipinski definition) is 1. The summed E-state index contributed by atoms with van der Waals surface area (Å²) in [7, 11) is 0. The molecule has 0 atom stereocenters. The summed E-state index contributed by atoms with van der Waals surface area (Å²) >= 11 is 1.15. The monoisotopic (exact) mass is 239 g/mol. The van der Waals surface area contributed by atoms with Crippen LogP contribution in [0.3, 0.4) is 0 Å². The summed E-state index contributed by atoms with van der Waals surface area (Å²) in [6.07, 6.45) is 1.29. The molecule has 0 bridgehead atoms. The van der Waals surface area contributed by atoms with Gasteiger partial charge in [0.25, 0.3) is 0 Å². The van der Waals surface area contributed by atoms with Crippen molar-refractivity contribution in [2.45, 2.75) is 4.90 Å². The van der Waals surface area contributed by atoms with Gasteiger partial charge in [0.15, 0.2) is 5.69 Å². The molecule has 0 saturated carbocycles. The third kappa shape index (κ3) is 2.37. The summed E-state index contributed by atoms with van der Waals surface area (Å²) in [5.41, 5.74) is -0.130. The Morgan fingerprint density at radius 3 is 2.62 bits per heavy atom. The molecule has 0 saturated heterocycles. The van der Waals surface area contributed by atoms with Crippen LogP contribution in [0.4, 0.5) is 4.39 Å². The van der Waals surface area contributed by atoms with E-state index in [-0.39, 0.29) is 11.5 Å². The lowest BCUT2D eigenvalue weighted by Gasteiger charge is -1.98. The summed E-state index contributed by atoms with van der Waals surface area (Å²) < 4.78 is 13.9. The number of carboxylic acid groups (broad SMARTS) is 1. The molecule has 0 unspecified atom stereocenters. The van der Waals surface area contributed by atoms with E-state index in [0.717, 1.165) is 16.8 Å². The van der Waals surface area contributed by atoms with Crippen molar-refractivity contribution >= 4 is 17.9 Å². The minimum atomic E-state index is -1.13. The SMILES string of the molecule is O=C(O)c1cn(Sc2ccc(F)cc2)nn1. The lowest BCUT2D eigenvalue weighted by Crippen LogP contribution is -1.95. The third-order valence-corrected chi connectivity index (χ3v) is 2.55. The first-order valence-corrected chi connectivity index (χ1v) is 5.02. The van der Waals surface area contributed by atoms with Crippen LogP contribution in [0.1, 0.15) is 10.5 Å². The van der Waals surface area contributed by atoms with Gasteiger partial charge in [-0.15, -0.1) is 5.10 Å². The number of rotatable bonds is 3. The zero-order chi connectivity index (χ0) is 11.5. The number of carbonyl (C=O) groups is 1. The smallest absolute Gasteiger partial charge is 0.358 e. The largest absolute Gasteiger partial charge is 0.476 e. The van der Waals surface area contributed by atoms with E-state index in [1.807, 2.05) is 0 Å². The average Bonchev–Trinajstić information content (AvgIpc) is 2.70. The Morgan fingerprint density at radius 2 is 2.06 bits per heavy atom. The van der Waals surface area contributed by atoms with Gasteiger partial charge in [0.05, 0.1) is 6.20 Å². The van der Waals surface area contributed by atoms with Crippen LogP contribution >= 0.6 is 11.9 Å². The van der Waals surface area contributed by atoms with E-state index in [0.29, 0.717) is 0 Å². The van der Waals surface area contributed by atoms with Gasteiger partial charge in [-0.3, -0.25) is 0 Å². The molecule has 0 radical (unpaired) electrons. The molecule has 0 aliphatic carbocycles. The van der Waals surface area contributed by atoms with Crippen molar-refractivity contribution in [3.63, 3.8) is 0 Å². The van der Waals surface area contributed by atoms with E-state index in [1.54, 1.807) is 12.1 Å². The second-order valence-corrected chi connectivity index (χ2v) is 3.88. The maximum atomic E-state index is 12.6. The van der Waals surface area contributed by atoms with Gasteiger partial charge >= 0.3 is 5.97 Å². The quantitative estimate of drug-likeness (QED) is 0.882. The number of benzene rings is 1. The van der Waals surface area contributed by atoms with Crippen LogP contribution in [0, 0.1) is 5.82 Å². The fourth-order valence-corrected chi connectivity index (χ4v) is 1.69. The van der Waals surface area contributed by atoms with Gasteiger partial charge in [-0.2, -0.15) is 4.09 Å². The Labute approximate surface area is 94.0 Å². The van der Waals surface area contributed by atoms with Crippen molar-refractivity contribution in [2.75, 3.05) is 0 Å². The number of hydrogen-bond acceptors (Lipinski definition) is 4. The van der Waals surface area contributed by atoms with Gasteiger partial charge in [-0.1, -0.05) is 5.21 Å². The molecule has 0 aliphatic heterocycles. The molecule has 0 amide bonds. The summed E-state index contributed by atoms with van der Waals surface area (Å²) in [6.45, 7) is 0. The van der Waals surface area contributed by atoms with Crippen molar-refractivity contribution in [3.05, 3.63) is 42.0 Å². The average molecular weight is 239 g/mol. The zero-order valence-corrected chi connectivity index (χ0v) is 8.69. The predicted octanol–water partition coefficient (Wildman–Crippen LogP) is 1.67. The Morgan fingerprint density at radius 1 is 1.38 bits per heavy atom. The van der Waals surface area contributed by atoms with E-state index in [4.69, 9.17) is 5.11 Å². The van der Waals surface area contributed by atoms with Crippen molar-refractivity contribution in [3.8, 4) is 0 Å². The highest BCUT2D eigenvalue weighted by molar-refractivity contribution is 7.97. The van der Waals surface area contributed by atoms with Crippen LogP contribution in [-0.4, -0.2) is 25.5 Å². The summed E-state index contributed by atoms with van der Waals surface area (Å²) in [4.78, 5) is 11.3. The van der Waals surface area contributed by atoms with Crippen LogP contribution in [-0.2, 0) is 0 Å². The van der Waals surface area contributed by atoms with E-state index in [9.17, 15) is 9.18 Å². The predicted molar refractivity (Wildman–Crippen MR) is 54.6 cm³/mol. The van der Waals surface area contributed by atoms with E-state index < -0.39 is 5.97 Å². The van der Waals surface area contributed by atoms with Crippen molar-refractivity contribution in [1.29, 1.82) is 0 Å². The molecular formula is C9H6FN3O2S. The summed E-state index contributed by atoms with van der Waals surface area (Å²) in [5.74, 6) is -1.46. The third-order valence-electron chi connectivity index (χ3n) is 1.71. The highest BCUT2D eigenvalue weighted by Gasteiger charge is 2.08. The Hall–Kier alpha value is -1.89. The van der Waals surface area contributed by atoms with Crippen LogP contribution < -0.4 is 0 Å². The lowest BCUT2D eigenvalue weighted by molar-refractivity contribution is 0.0690. The summed E-state index contributed by atoms with van der Waals surface area (Å²) in [6, 6.07) is 5.78. The number of nitrogens with zero attached hydrogens (tertiary/aromatic N) is 3. The zero-order valence-electron chi connectivity index (χ0n) is 7.87. The molecule has 0 spiro atoms. The molecule has 1 N–H and O–H groups in total. The second kappa shape index (κ2) is 4.31. The molecule has 2 rings (SSSR count). The molecule has 1 heterocycles. The van der Waals surface area contributed by atoms with Gasteiger partial charge in [0.1, 0.15) is 5.82 Å². The van der Waals surface area contributed by atoms with Crippen molar-refractivity contribution in [2.24, 2.45) is 0 Å². The molecule has 0 aliphatic rings. The van der Waals surface area contributed by atoms with Gasteiger partial charge in [-0.05, 0) is 24.3 Å². The molecule has 16 heavy (non-hydrogen) atoms. The number of halogens is 1. The Balaban J connectivity index is 2.14. The van der Waals surface area contributed by atoms with Crippen molar-refractivity contribution in [1.82, 2.24) is 14.4 Å². The van der Waals surface area contributed by atoms with Gasteiger partial charge in [0, 0.05) is 16.8 Å². The van der Waals surface area contributed by atoms with Crippen LogP contribution in [0.25, 0.3) is 0 Å². The topological polar surface area (TPSA) is 68.0 Å². The van der Waals surface area contributed by atoms with Crippen molar-refractivity contribution < 1.29 is 14.3 Å². The summed E-state index contributed by atoms with van der Waals surface area (Å²) in [5, 5.41) is 15.7. The minimum absolute atomic E-state index is 0.130. The van der Waals surface area contributed by atoms with Gasteiger partial charge in [0.2, 0.25) is 0 Å². The Bertz CT molecular complexity index is 512. The van der Waals surface area contributed by atoms with Gasteiger partial charge in [-0.25, -0.2) is 9.18 Å². The molecule has 2 aromatic rings. The van der Waals surface area contributed by atoms with Crippen LogP contribution in [0.5, 0.6) is 0 Å². The first-order valence-electron chi connectivity index (χ1n) is 4.25. The maximum absolute atomic E-state index is 12.6. The van der Waals surface area contributed by atoms with E-state index >= 15 is 0 Å². The Kier molecular flexibility index (Phi) is 2.86. The number of carboxylic acids is 1. The fourth-order valence-electron chi connectivity index (χ4n) is 0.995. The van der Waals surface area contributed by atoms with Crippen LogP contribution in [0.15, 0.2) is 35.4 Å². The lowest BCUT2D eigenvalue weighted by atomic mass is 10.4. The number of aromatic carboxylic acids is 1. The highest BCUT2D eigenvalue weighted by Crippen LogP contribution is 2.19. The standard InChI is InChI=1S/C9H6FN3O2S/c10-6-1-3-7(4-2-6)16-13-5-8(9(14)15)11-12-13/h1-5H,(H,14,15). The minimum Gasteiger partial charge on any atom is -0.476 e. The van der Waals surface area contributed by atoms with Crippen LogP contribution in [0.2, 0.25) is 0 Å². The molecular weight excluding hydrogens is 233 g/mol. The van der Waals surface area contributed by atoms with E-state index in [1.165, 1.54) is 22.4 Å². The van der Waals surface area contributed by atoms with E-state index in [2.05, 4.69) is 10.3 Å². The number of aromatic nitrogens is 3. The second-order valence-electron chi connectivity index (χ2n) is 2.86. The highest BCUT2D eigenvalue weighted by atomic mass is 32.2. The fraction of sp³-hybridized carbons (Fsp3) is 0. The molecule has 1 aromatic heterocycles. The van der Waals surface area contributed by atoms with Gasteiger partial charge < -0.3 is 5.11 Å². The molecule has 5 nitrogen and oxygen atoms in total. The molecule has 7 heteroatoms. The molecule has 82 valence electrons. The molecule has 1 aromatic carbocycles. The first-order chi connectivity index (χ1) is 7.65. The first kappa shape index (κ1) is 10.6.